The molecule has 0 atom stereocenters. The van der Waals surface area contributed by atoms with Crippen molar-refractivity contribution in [1.29, 1.82) is 0 Å². The van der Waals surface area contributed by atoms with Crippen LogP contribution in [-0.4, -0.2) is 38.4 Å². The van der Waals surface area contributed by atoms with E-state index in [9.17, 15) is 15.0 Å². The van der Waals surface area contributed by atoms with E-state index in [2.05, 4.69) is 4.98 Å². The maximum atomic E-state index is 11.3. The normalized spacial score (nSPS) is 11.5. The summed E-state index contributed by atoms with van der Waals surface area (Å²) in [6.07, 6.45) is 4.04. The van der Waals surface area contributed by atoms with Gasteiger partial charge in [0.05, 0.1) is 12.7 Å². The summed E-state index contributed by atoms with van der Waals surface area (Å²) in [5.74, 6) is -0.0754. The molecule has 0 fully saturated rings. The predicted octanol–water partition coefficient (Wildman–Crippen LogP) is 2.42. The summed E-state index contributed by atoms with van der Waals surface area (Å²) < 4.78 is 6.95. The van der Waals surface area contributed by atoms with Gasteiger partial charge in [-0.3, -0.25) is 0 Å². The summed E-state index contributed by atoms with van der Waals surface area (Å²) in [6, 6.07) is 4.94. The zero-order valence-electron chi connectivity index (χ0n) is 12.9. The van der Waals surface area contributed by atoms with Gasteiger partial charge in [-0.25, -0.2) is 9.78 Å². The van der Waals surface area contributed by atoms with Gasteiger partial charge in [0.15, 0.2) is 0 Å². The van der Waals surface area contributed by atoms with Crippen LogP contribution in [0.1, 0.15) is 30.6 Å². The average Bonchev–Trinajstić information content (AvgIpc) is 2.92. The number of aromatic nitrogens is 2. The van der Waals surface area contributed by atoms with Crippen LogP contribution in [-0.2, 0) is 6.54 Å². The lowest BCUT2D eigenvalue weighted by molar-refractivity contribution is 0.0662. The van der Waals surface area contributed by atoms with Crippen molar-refractivity contribution in [2.45, 2.75) is 32.4 Å². The molecule has 6 nitrogen and oxygen atoms in total. The summed E-state index contributed by atoms with van der Waals surface area (Å²) in [7, 11) is 1.44. The standard InChI is InChI=1S/C16H20N2O4/c1-16(2,21)6-8-18-9-7-17-14(18)11-4-5-13(22-3)12(10-11)15(19)20/h4-5,7,9-10,21H,6,8H2,1-3H3,(H,19,20). The topological polar surface area (TPSA) is 84.6 Å². The Kier molecular flexibility index (Phi) is 4.51. The first-order valence-electron chi connectivity index (χ1n) is 6.97. The molecule has 0 radical (unpaired) electrons. The number of carboxylic acids is 1. The van der Waals surface area contributed by atoms with Gasteiger partial charge in [-0.2, -0.15) is 0 Å². The highest BCUT2D eigenvalue weighted by Gasteiger charge is 2.16. The van der Waals surface area contributed by atoms with Crippen LogP contribution in [0.15, 0.2) is 30.6 Å². The lowest BCUT2D eigenvalue weighted by atomic mass is 10.1. The highest BCUT2D eigenvalue weighted by Crippen LogP contribution is 2.26. The molecule has 22 heavy (non-hydrogen) atoms. The van der Waals surface area contributed by atoms with Crippen LogP contribution in [0.3, 0.4) is 0 Å². The number of carboxylic acid groups (broad SMARTS) is 1. The van der Waals surface area contributed by atoms with Crippen molar-refractivity contribution in [2.75, 3.05) is 7.11 Å². The van der Waals surface area contributed by atoms with Crippen LogP contribution in [0.5, 0.6) is 5.75 Å². The molecule has 0 aliphatic rings. The molecule has 0 aliphatic heterocycles. The molecule has 0 bridgehead atoms. The van der Waals surface area contributed by atoms with Gasteiger partial charge in [0.25, 0.3) is 0 Å². The quantitative estimate of drug-likeness (QED) is 0.856. The molecule has 1 aromatic heterocycles. The molecule has 0 unspecified atom stereocenters. The number of carbonyl (C=O) groups is 1. The zero-order valence-corrected chi connectivity index (χ0v) is 12.9. The van der Waals surface area contributed by atoms with E-state index in [1.165, 1.54) is 7.11 Å². The van der Waals surface area contributed by atoms with E-state index in [1.807, 2.05) is 10.8 Å². The van der Waals surface area contributed by atoms with Crippen molar-refractivity contribution in [1.82, 2.24) is 9.55 Å². The van der Waals surface area contributed by atoms with Crippen molar-refractivity contribution < 1.29 is 19.7 Å². The largest absolute Gasteiger partial charge is 0.496 e. The van der Waals surface area contributed by atoms with Gasteiger partial charge in [0, 0.05) is 24.5 Å². The van der Waals surface area contributed by atoms with Gasteiger partial charge < -0.3 is 19.5 Å². The van der Waals surface area contributed by atoms with Crippen molar-refractivity contribution >= 4 is 5.97 Å². The fraction of sp³-hybridized carbons (Fsp3) is 0.375. The highest BCUT2D eigenvalue weighted by atomic mass is 16.5. The minimum absolute atomic E-state index is 0.0945. The highest BCUT2D eigenvalue weighted by molar-refractivity contribution is 5.92. The fourth-order valence-electron chi connectivity index (χ4n) is 2.16. The van der Waals surface area contributed by atoms with Crippen LogP contribution in [0, 0.1) is 0 Å². The Hall–Kier alpha value is -2.34. The van der Waals surface area contributed by atoms with E-state index in [0.717, 1.165) is 0 Å². The smallest absolute Gasteiger partial charge is 0.339 e. The summed E-state index contributed by atoms with van der Waals surface area (Å²) in [4.78, 5) is 15.6. The SMILES string of the molecule is COc1ccc(-c2nccn2CCC(C)(C)O)cc1C(=O)O. The van der Waals surface area contributed by atoms with Gasteiger partial charge >= 0.3 is 5.97 Å². The van der Waals surface area contributed by atoms with E-state index < -0.39 is 11.6 Å². The first kappa shape index (κ1) is 16.0. The maximum absolute atomic E-state index is 11.3. The van der Waals surface area contributed by atoms with Gasteiger partial charge in [-0.15, -0.1) is 0 Å². The van der Waals surface area contributed by atoms with Gasteiger partial charge in [0.1, 0.15) is 17.1 Å². The average molecular weight is 304 g/mol. The minimum Gasteiger partial charge on any atom is -0.496 e. The van der Waals surface area contributed by atoms with Crippen LogP contribution >= 0.6 is 0 Å². The van der Waals surface area contributed by atoms with E-state index in [4.69, 9.17) is 4.74 Å². The molecule has 2 aromatic rings. The summed E-state index contributed by atoms with van der Waals surface area (Å²) >= 11 is 0. The van der Waals surface area contributed by atoms with Crippen molar-refractivity contribution in [3.8, 4) is 17.1 Å². The third-order valence-electron chi connectivity index (χ3n) is 3.37. The molecular formula is C16H20N2O4. The second-order valence-corrected chi connectivity index (χ2v) is 5.73. The molecule has 0 spiro atoms. The molecule has 0 aliphatic carbocycles. The number of aromatic carboxylic acids is 1. The van der Waals surface area contributed by atoms with E-state index in [0.29, 0.717) is 30.1 Å². The molecule has 1 aromatic carbocycles. The zero-order chi connectivity index (χ0) is 16.3. The van der Waals surface area contributed by atoms with Gasteiger partial charge in [-0.1, -0.05) is 0 Å². The first-order valence-corrected chi connectivity index (χ1v) is 6.97. The number of imidazole rings is 1. The molecule has 2 N–H and O–H groups in total. The van der Waals surface area contributed by atoms with Gasteiger partial charge in [-0.05, 0) is 38.5 Å². The lowest BCUT2D eigenvalue weighted by Crippen LogP contribution is -2.21. The Morgan fingerprint density at radius 1 is 1.41 bits per heavy atom. The molecular weight excluding hydrogens is 284 g/mol. The second-order valence-electron chi connectivity index (χ2n) is 5.73. The number of aliphatic hydroxyl groups is 1. The predicted molar refractivity (Wildman–Crippen MR) is 82.1 cm³/mol. The molecule has 6 heteroatoms. The van der Waals surface area contributed by atoms with Crippen LogP contribution < -0.4 is 4.74 Å². The van der Waals surface area contributed by atoms with Gasteiger partial charge in [0.2, 0.25) is 0 Å². The first-order chi connectivity index (χ1) is 10.3. The summed E-state index contributed by atoms with van der Waals surface area (Å²) in [6.45, 7) is 4.09. The van der Waals surface area contributed by atoms with Crippen molar-refractivity contribution in [2.24, 2.45) is 0 Å². The fourth-order valence-corrected chi connectivity index (χ4v) is 2.16. The number of methoxy groups -OCH3 is 1. The third kappa shape index (κ3) is 3.65. The molecule has 0 saturated heterocycles. The number of aryl methyl sites for hydroxylation is 1. The van der Waals surface area contributed by atoms with Crippen LogP contribution in [0.4, 0.5) is 0 Å². The number of ether oxygens (including phenoxy) is 1. The Morgan fingerprint density at radius 3 is 2.73 bits per heavy atom. The number of hydrogen-bond donors (Lipinski definition) is 2. The second kappa shape index (κ2) is 6.19. The van der Waals surface area contributed by atoms with E-state index in [-0.39, 0.29) is 5.56 Å². The molecule has 0 amide bonds. The molecule has 118 valence electrons. The summed E-state index contributed by atoms with van der Waals surface area (Å²) in [5.41, 5.74) is 0.0178. The molecule has 1 heterocycles. The Labute approximate surface area is 129 Å². The number of hydrogen-bond acceptors (Lipinski definition) is 4. The lowest BCUT2D eigenvalue weighted by Gasteiger charge is -2.18. The minimum atomic E-state index is -1.05. The molecule has 2 rings (SSSR count). The molecule has 0 saturated carbocycles. The van der Waals surface area contributed by atoms with Crippen LogP contribution in [0.25, 0.3) is 11.4 Å². The van der Waals surface area contributed by atoms with E-state index >= 15 is 0 Å². The van der Waals surface area contributed by atoms with Crippen molar-refractivity contribution in [3.63, 3.8) is 0 Å². The number of nitrogens with zero attached hydrogens (tertiary/aromatic N) is 2. The number of benzene rings is 1. The Morgan fingerprint density at radius 2 is 2.14 bits per heavy atom. The van der Waals surface area contributed by atoms with E-state index in [1.54, 1.807) is 38.2 Å². The monoisotopic (exact) mass is 304 g/mol. The van der Waals surface area contributed by atoms with Crippen LogP contribution in [0.2, 0.25) is 0 Å². The Bertz CT molecular complexity index is 671. The Balaban J connectivity index is 2.35. The number of rotatable bonds is 6. The third-order valence-corrected chi connectivity index (χ3v) is 3.37. The summed E-state index contributed by atoms with van der Waals surface area (Å²) in [5, 5.41) is 19.1. The maximum Gasteiger partial charge on any atom is 0.339 e. The van der Waals surface area contributed by atoms with Crippen molar-refractivity contribution in [3.05, 3.63) is 36.2 Å².